The summed E-state index contributed by atoms with van der Waals surface area (Å²) in [6, 6.07) is 0.557. The number of likely N-dealkylation sites (N-methyl/N-ethyl adjacent to an activating group) is 1. The van der Waals surface area contributed by atoms with E-state index in [0.29, 0.717) is 17.2 Å². The van der Waals surface area contributed by atoms with Gasteiger partial charge in [-0.1, -0.05) is 11.6 Å². The van der Waals surface area contributed by atoms with Gasteiger partial charge in [0.2, 0.25) is 5.28 Å². The van der Waals surface area contributed by atoms with Gasteiger partial charge in [-0.25, -0.2) is 14.4 Å². The average molecular weight is 330 g/mol. The van der Waals surface area contributed by atoms with E-state index in [9.17, 15) is 4.39 Å². The fraction of sp³-hybridized carbons (Fsp3) is 0.462. The summed E-state index contributed by atoms with van der Waals surface area (Å²) in [5.41, 5.74) is 0.0930. The molecule has 0 amide bonds. The highest BCUT2D eigenvalue weighted by atomic mass is 35.5. The van der Waals surface area contributed by atoms with Crippen LogP contribution in [0.3, 0.4) is 0 Å². The molecule has 21 heavy (non-hydrogen) atoms. The highest BCUT2D eigenvalue weighted by molar-refractivity contribution is 6.30. The van der Waals surface area contributed by atoms with Crippen LogP contribution in [0, 0.1) is 5.82 Å². The number of nitrogens with zero attached hydrogens (tertiary/aromatic N) is 4. The van der Waals surface area contributed by atoms with Gasteiger partial charge in [-0.3, -0.25) is 0 Å². The Morgan fingerprint density at radius 2 is 2.14 bits per heavy atom. The molecule has 1 fully saturated rings. The first-order valence-corrected chi connectivity index (χ1v) is 7.38. The minimum atomic E-state index is -0.675. The Morgan fingerprint density at radius 1 is 1.38 bits per heavy atom. The third-order valence-corrected chi connectivity index (χ3v) is 4.34. The highest BCUT2D eigenvalue weighted by Gasteiger charge is 2.29. The van der Waals surface area contributed by atoms with Gasteiger partial charge < -0.3 is 10.2 Å². The fourth-order valence-electron chi connectivity index (χ4n) is 2.79. The van der Waals surface area contributed by atoms with Gasteiger partial charge in [-0.05, 0) is 31.5 Å². The van der Waals surface area contributed by atoms with E-state index in [0.717, 1.165) is 13.0 Å². The van der Waals surface area contributed by atoms with E-state index in [-0.39, 0.29) is 22.0 Å². The molecule has 0 aliphatic carbocycles. The van der Waals surface area contributed by atoms with Gasteiger partial charge in [0.05, 0.1) is 5.39 Å². The van der Waals surface area contributed by atoms with E-state index < -0.39 is 5.82 Å². The molecular formula is C13H14Cl2FN5. The summed E-state index contributed by atoms with van der Waals surface area (Å²) in [6.07, 6.45) is 2.46. The van der Waals surface area contributed by atoms with Crippen LogP contribution < -0.4 is 10.2 Å². The normalized spacial score (nSPS) is 22.0. The zero-order valence-corrected chi connectivity index (χ0v) is 13.1. The van der Waals surface area contributed by atoms with Crippen LogP contribution in [-0.4, -0.2) is 40.6 Å². The Labute approximate surface area is 131 Å². The first kappa shape index (κ1) is 14.7. The molecule has 2 unspecified atom stereocenters. The minimum absolute atomic E-state index is 0.0101. The summed E-state index contributed by atoms with van der Waals surface area (Å²) in [4.78, 5) is 14.0. The second-order valence-electron chi connectivity index (χ2n) is 5.15. The van der Waals surface area contributed by atoms with E-state index in [2.05, 4.69) is 27.2 Å². The van der Waals surface area contributed by atoms with Gasteiger partial charge in [-0.2, -0.15) is 4.98 Å². The molecule has 1 saturated heterocycles. The molecule has 112 valence electrons. The maximum atomic E-state index is 14.1. The average Bonchev–Trinajstić information content (AvgIpc) is 2.88. The molecule has 0 aromatic carbocycles. The Hall–Kier alpha value is -1.24. The number of nitrogens with one attached hydrogen (secondary N) is 1. The van der Waals surface area contributed by atoms with Crippen molar-refractivity contribution in [1.29, 1.82) is 0 Å². The van der Waals surface area contributed by atoms with Crippen molar-refractivity contribution in [2.75, 3.05) is 18.5 Å². The SMILES string of the molecule is CC1NCCC1N(C)c1nc(Cl)nc2c(F)c(Cl)ncc12. The van der Waals surface area contributed by atoms with E-state index >= 15 is 0 Å². The molecule has 0 spiro atoms. The Bertz CT molecular complexity index is 696. The summed E-state index contributed by atoms with van der Waals surface area (Å²) < 4.78 is 14.1. The number of anilines is 1. The van der Waals surface area contributed by atoms with Crippen LogP contribution in [-0.2, 0) is 0 Å². The fourth-order valence-corrected chi connectivity index (χ4v) is 3.10. The lowest BCUT2D eigenvalue weighted by Gasteiger charge is -2.29. The van der Waals surface area contributed by atoms with Crippen molar-refractivity contribution in [3.05, 3.63) is 22.5 Å². The third kappa shape index (κ3) is 2.52. The summed E-state index contributed by atoms with van der Waals surface area (Å²) >= 11 is 11.6. The van der Waals surface area contributed by atoms with Gasteiger partial charge in [0.1, 0.15) is 11.3 Å². The number of hydrogen-bond donors (Lipinski definition) is 1. The van der Waals surface area contributed by atoms with E-state index in [4.69, 9.17) is 23.2 Å². The Morgan fingerprint density at radius 3 is 2.81 bits per heavy atom. The van der Waals surface area contributed by atoms with Crippen LogP contribution in [0.4, 0.5) is 10.2 Å². The number of pyridine rings is 1. The number of rotatable bonds is 2. The lowest BCUT2D eigenvalue weighted by atomic mass is 10.1. The molecule has 1 aliphatic rings. The van der Waals surface area contributed by atoms with E-state index in [1.807, 2.05) is 11.9 Å². The summed E-state index contributed by atoms with van der Waals surface area (Å²) in [5, 5.41) is 3.65. The van der Waals surface area contributed by atoms with Gasteiger partial charge in [0.25, 0.3) is 0 Å². The van der Waals surface area contributed by atoms with Crippen molar-refractivity contribution in [3.63, 3.8) is 0 Å². The number of aromatic nitrogens is 3. The topological polar surface area (TPSA) is 53.9 Å². The third-order valence-electron chi connectivity index (χ3n) is 3.91. The van der Waals surface area contributed by atoms with Crippen LogP contribution in [0.2, 0.25) is 10.4 Å². The molecule has 1 aliphatic heterocycles. The second-order valence-corrected chi connectivity index (χ2v) is 5.85. The zero-order chi connectivity index (χ0) is 15.1. The lowest BCUT2D eigenvalue weighted by molar-refractivity contribution is 0.558. The predicted molar refractivity (Wildman–Crippen MR) is 81.6 cm³/mol. The predicted octanol–water partition coefficient (Wildman–Crippen LogP) is 2.66. The minimum Gasteiger partial charge on any atom is -0.354 e. The standard InChI is InChI=1S/C13H14Cl2FN5/c1-6-8(3-4-17-6)21(2)12-7-5-18-11(14)9(16)10(7)19-13(15)20-12/h5-6,8,17H,3-4H2,1-2H3. The van der Waals surface area contributed by atoms with Crippen LogP contribution in [0.15, 0.2) is 6.20 Å². The van der Waals surface area contributed by atoms with Crippen LogP contribution in [0.25, 0.3) is 10.9 Å². The molecule has 0 bridgehead atoms. The zero-order valence-electron chi connectivity index (χ0n) is 11.6. The van der Waals surface area contributed by atoms with Crippen molar-refractivity contribution in [3.8, 4) is 0 Å². The lowest BCUT2D eigenvalue weighted by Crippen LogP contribution is -2.40. The van der Waals surface area contributed by atoms with Gasteiger partial charge in [-0.15, -0.1) is 0 Å². The van der Waals surface area contributed by atoms with Crippen molar-refractivity contribution in [2.24, 2.45) is 0 Å². The first-order valence-electron chi connectivity index (χ1n) is 6.62. The molecule has 0 radical (unpaired) electrons. The van der Waals surface area contributed by atoms with Crippen molar-refractivity contribution < 1.29 is 4.39 Å². The van der Waals surface area contributed by atoms with E-state index in [1.165, 1.54) is 6.20 Å². The molecule has 2 aromatic rings. The largest absolute Gasteiger partial charge is 0.354 e. The van der Waals surface area contributed by atoms with Gasteiger partial charge in [0.15, 0.2) is 11.0 Å². The monoisotopic (exact) mass is 329 g/mol. The molecular weight excluding hydrogens is 316 g/mol. The quantitative estimate of drug-likeness (QED) is 0.678. The van der Waals surface area contributed by atoms with Crippen molar-refractivity contribution in [2.45, 2.75) is 25.4 Å². The molecule has 3 rings (SSSR count). The summed E-state index contributed by atoms with van der Waals surface area (Å²) in [6.45, 7) is 3.04. The molecule has 1 N–H and O–H groups in total. The molecule has 2 atom stereocenters. The van der Waals surface area contributed by atoms with Crippen molar-refractivity contribution >= 4 is 39.9 Å². The Balaban J connectivity index is 2.16. The van der Waals surface area contributed by atoms with Crippen LogP contribution >= 0.6 is 23.2 Å². The summed E-state index contributed by atoms with van der Waals surface area (Å²) in [7, 11) is 1.92. The molecule has 5 nitrogen and oxygen atoms in total. The van der Waals surface area contributed by atoms with Gasteiger partial charge in [0, 0.05) is 25.3 Å². The van der Waals surface area contributed by atoms with Crippen LogP contribution in [0.1, 0.15) is 13.3 Å². The summed E-state index contributed by atoms with van der Waals surface area (Å²) in [5.74, 6) is -0.112. The van der Waals surface area contributed by atoms with Crippen molar-refractivity contribution in [1.82, 2.24) is 20.3 Å². The molecule has 2 aromatic heterocycles. The molecule has 3 heterocycles. The molecule has 8 heteroatoms. The number of halogens is 3. The second kappa shape index (κ2) is 5.51. The molecule has 0 saturated carbocycles. The number of fused-ring (bicyclic) bond motifs is 1. The highest BCUT2D eigenvalue weighted by Crippen LogP contribution is 2.30. The van der Waals surface area contributed by atoms with Gasteiger partial charge >= 0.3 is 0 Å². The smallest absolute Gasteiger partial charge is 0.225 e. The van der Waals surface area contributed by atoms with Crippen LogP contribution in [0.5, 0.6) is 0 Å². The maximum absolute atomic E-state index is 14.1. The first-order chi connectivity index (χ1) is 9.99. The number of hydrogen-bond acceptors (Lipinski definition) is 5. The van der Waals surface area contributed by atoms with E-state index in [1.54, 1.807) is 0 Å². The Kier molecular flexibility index (Phi) is 3.86. The maximum Gasteiger partial charge on any atom is 0.225 e.